The third kappa shape index (κ3) is 4.87. The summed E-state index contributed by atoms with van der Waals surface area (Å²) in [4.78, 5) is 17.1. The molecule has 0 saturated carbocycles. The van der Waals surface area contributed by atoms with Crippen molar-refractivity contribution in [1.29, 1.82) is 0 Å². The van der Waals surface area contributed by atoms with Crippen LogP contribution in [-0.4, -0.2) is 15.9 Å². The SMILES string of the molecule is CC(=O)/C=C(/C)O.CC1(C)c2[c-]c(-c3ccccn3)cc3c2N(c2ccccc21)c1ccccc1C3(C)C.[Pt]. The number of rotatable bonds is 2. The molecule has 1 aromatic heterocycles. The molecule has 0 aliphatic carbocycles. The van der Waals surface area contributed by atoms with E-state index in [2.05, 4.69) is 104 Å². The van der Waals surface area contributed by atoms with Gasteiger partial charge >= 0.3 is 0 Å². The van der Waals surface area contributed by atoms with Crippen molar-refractivity contribution < 1.29 is 31.0 Å². The van der Waals surface area contributed by atoms with E-state index in [-0.39, 0.29) is 43.4 Å². The van der Waals surface area contributed by atoms with Crippen LogP contribution in [0.15, 0.2) is 90.8 Å². The second-order valence-electron chi connectivity index (χ2n) is 11.1. The number of nitrogens with zero attached hydrogens (tertiary/aromatic N) is 2. The molecule has 1 N–H and O–H groups in total. The Labute approximate surface area is 245 Å². The molecule has 0 amide bonds. The molecule has 2 aliphatic heterocycles. The van der Waals surface area contributed by atoms with E-state index in [0.717, 1.165) is 11.3 Å². The van der Waals surface area contributed by atoms with Gasteiger partial charge in [-0.15, -0.1) is 17.7 Å². The molecule has 4 nitrogen and oxygen atoms in total. The fraction of sp³-hybridized carbons (Fsp3) is 0.235. The smallest absolute Gasteiger partial charge is 0.155 e. The molecule has 0 unspecified atom stereocenters. The average Bonchev–Trinajstić information content (AvgIpc) is 2.88. The number of carbonyl (C=O) groups excluding carboxylic acids is 1. The number of pyridine rings is 1. The molecule has 3 heterocycles. The number of fused-ring (bicyclic) bond motifs is 4. The normalized spacial score (nSPS) is 15.4. The summed E-state index contributed by atoms with van der Waals surface area (Å²) in [7, 11) is 0. The predicted molar refractivity (Wildman–Crippen MR) is 155 cm³/mol. The number of para-hydroxylation sites is 2. The Hall–Kier alpha value is -3.49. The zero-order valence-corrected chi connectivity index (χ0v) is 25.4. The average molecular weight is 697 g/mol. The minimum absolute atomic E-state index is 0. The maximum absolute atomic E-state index is 10.0. The minimum Gasteiger partial charge on any atom is -0.512 e. The molecule has 0 atom stereocenters. The first-order valence-electron chi connectivity index (χ1n) is 12.9. The Morgan fingerprint density at radius 1 is 0.846 bits per heavy atom. The molecule has 0 saturated heterocycles. The van der Waals surface area contributed by atoms with E-state index in [1.807, 2.05) is 18.3 Å². The minimum atomic E-state index is -0.162. The van der Waals surface area contributed by atoms with Crippen LogP contribution in [0.5, 0.6) is 0 Å². The molecular formula is C34H33N2O2Pt-. The maximum Gasteiger partial charge on any atom is 0.155 e. The number of benzene rings is 3. The Balaban J connectivity index is 0.000000394. The summed E-state index contributed by atoms with van der Waals surface area (Å²) in [6.07, 6.45) is 3.03. The molecule has 0 spiro atoms. The number of ketones is 1. The topological polar surface area (TPSA) is 53.4 Å². The van der Waals surface area contributed by atoms with Gasteiger partial charge in [0.2, 0.25) is 0 Å². The van der Waals surface area contributed by atoms with Gasteiger partial charge in [-0.25, -0.2) is 0 Å². The van der Waals surface area contributed by atoms with Crippen LogP contribution < -0.4 is 4.90 Å². The first-order valence-corrected chi connectivity index (χ1v) is 12.9. The van der Waals surface area contributed by atoms with Gasteiger partial charge in [0, 0.05) is 55.5 Å². The van der Waals surface area contributed by atoms with Crippen molar-refractivity contribution in [3.8, 4) is 11.3 Å². The van der Waals surface area contributed by atoms with Crippen LogP contribution in [-0.2, 0) is 36.7 Å². The first kappa shape index (κ1) is 28.5. The van der Waals surface area contributed by atoms with Crippen LogP contribution >= 0.6 is 0 Å². The fourth-order valence-electron chi connectivity index (χ4n) is 5.74. The molecule has 2 aliphatic rings. The molecule has 3 aromatic carbocycles. The van der Waals surface area contributed by atoms with E-state index in [1.54, 1.807) is 0 Å². The maximum atomic E-state index is 10.0. The van der Waals surface area contributed by atoms with Crippen molar-refractivity contribution in [2.75, 3.05) is 4.90 Å². The summed E-state index contributed by atoms with van der Waals surface area (Å²) in [5.41, 5.74) is 10.8. The number of allylic oxidation sites excluding steroid dienone is 2. The number of aliphatic hydroxyl groups excluding tert-OH is 1. The van der Waals surface area contributed by atoms with E-state index in [1.165, 1.54) is 59.2 Å². The molecule has 6 rings (SSSR count). The monoisotopic (exact) mass is 696 g/mol. The second kappa shape index (κ2) is 10.6. The molecular weight excluding hydrogens is 663 g/mol. The zero-order valence-electron chi connectivity index (χ0n) is 23.1. The predicted octanol–water partition coefficient (Wildman–Crippen LogP) is 8.33. The van der Waals surface area contributed by atoms with E-state index in [0.29, 0.717) is 0 Å². The van der Waals surface area contributed by atoms with E-state index in [4.69, 9.17) is 5.11 Å². The van der Waals surface area contributed by atoms with Crippen molar-refractivity contribution in [3.63, 3.8) is 0 Å². The van der Waals surface area contributed by atoms with Gasteiger partial charge in [0.05, 0.1) is 5.76 Å². The van der Waals surface area contributed by atoms with Crippen LogP contribution in [0, 0.1) is 6.07 Å². The standard InChI is InChI=1S/C29H25N2.C5H8O2.Pt/c1-28(2)20-11-5-7-14-25(20)31-26-15-8-6-12-21(26)29(3,4)23-18-19(17-22(28)27(23)31)24-13-9-10-16-30-24;1-4(6)3-5(2)7;/h5-17H,1-4H3;3,6H,1-2H3;/q-1;;/b;4-3-;. The molecule has 39 heavy (non-hydrogen) atoms. The van der Waals surface area contributed by atoms with E-state index < -0.39 is 0 Å². The Morgan fingerprint density at radius 3 is 1.92 bits per heavy atom. The van der Waals surface area contributed by atoms with Gasteiger partial charge < -0.3 is 15.0 Å². The van der Waals surface area contributed by atoms with Crippen molar-refractivity contribution >= 4 is 22.8 Å². The fourth-order valence-corrected chi connectivity index (χ4v) is 5.74. The zero-order chi connectivity index (χ0) is 27.2. The van der Waals surface area contributed by atoms with E-state index >= 15 is 0 Å². The Morgan fingerprint density at radius 2 is 1.41 bits per heavy atom. The number of hydrogen-bond acceptors (Lipinski definition) is 4. The van der Waals surface area contributed by atoms with Crippen LogP contribution in [0.2, 0.25) is 0 Å². The first-order chi connectivity index (χ1) is 18.0. The largest absolute Gasteiger partial charge is 0.512 e. The molecule has 5 heteroatoms. The molecule has 0 bridgehead atoms. The quantitative estimate of drug-likeness (QED) is 0.130. The van der Waals surface area contributed by atoms with E-state index in [9.17, 15) is 4.79 Å². The third-order valence-corrected chi connectivity index (χ3v) is 7.55. The van der Waals surface area contributed by atoms with Gasteiger partial charge in [-0.2, -0.15) is 0 Å². The Bertz CT molecular complexity index is 1490. The van der Waals surface area contributed by atoms with Gasteiger partial charge in [-0.3, -0.25) is 4.79 Å². The van der Waals surface area contributed by atoms with Crippen molar-refractivity contribution in [1.82, 2.24) is 4.98 Å². The summed E-state index contributed by atoms with van der Waals surface area (Å²) in [5.74, 6) is -0.0625. The van der Waals surface area contributed by atoms with Crippen LogP contribution in [0.1, 0.15) is 63.8 Å². The second-order valence-corrected chi connectivity index (χ2v) is 11.1. The summed E-state index contributed by atoms with van der Waals surface area (Å²) < 4.78 is 0. The van der Waals surface area contributed by atoms with Gasteiger partial charge in [-0.05, 0) is 54.6 Å². The summed E-state index contributed by atoms with van der Waals surface area (Å²) in [5, 5.41) is 8.36. The third-order valence-electron chi connectivity index (χ3n) is 7.55. The number of aromatic nitrogens is 1. The molecule has 4 aromatic rings. The van der Waals surface area contributed by atoms with Crippen LogP contribution in [0.25, 0.3) is 11.3 Å². The molecule has 0 radical (unpaired) electrons. The van der Waals surface area contributed by atoms with Gasteiger partial charge in [0.25, 0.3) is 0 Å². The number of carbonyl (C=O) groups is 1. The van der Waals surface area contributed by atoms with Crippen molar-refractivity contribution in [2.45, 2.75) is 52.4 Å². The number of hydrogen-bond donors (Lipinski definition) is 1. The van der Waals surface area contributed by atoms with Crippen LogP contribution in [0.4, 0.5) is 17.1 Å². The van der Waals surface area contributed by atoms with Gasteiger partial charge in [0.1, 0.15) is 0 Å². The van der Waals surface area contributed by atoms with Gasteiger partial charge in [-0.1, -0.05) is 87.4 Å². The van der Waals surface area contributed by atoms with Crippen molar-refractivity contribution in [3.05, 3.63) is 119 Å². The summed E-state index contributed by atoms with van der Waals surface area (Å²) in [6.45, 7) is 12.2. The summed E-state index contributed by atoms with van der Waals surface area (Å²) in [6, 6.07) is 29.9. The number of aliphatic hydroxyl groups is 1. The van der Waals surface area contributed by atoms with Crippen LogP contribution in [0.3, 0.4) is 0 Å². The van der Waals surface area contributed by atoms with Gasteiger partial charge in [0.15, 0.2) is 5.78 Å². The summed E-state index contributed by atoms with van der Waals surface area (Å²) >= 11 is 0. The molecule has 0 fully saturated rings. The van der Waals surface area contributed by atoms with Crippen molar-refractivity contribution in [2.24, 2.45) is 0 Å². The molecule has 202 valence electrons. The number of anilines is 3. The Kier molecular flexibility index (Phi) is 7.74.